The molecule has 10 heavy (non-hydrogen) atoms. The van der Waals surface area contributed by atoms with Gasteiger partial charge in [0, 0.05) is 11.7 Å². The van der Waals surface area contributed by atoms with Gasteiger partial charge in [0.2, 0.25) is 5.12 Å². The van der Waals surface area contributed by atoms with Crippen LogP contribution in [0.5, 0.6) is 0 Å². The Morgan fingerprint density at radius 3 is 2.70 bits per heavy atom. The summed E-state index contributed by atoms with van der Waals surface area (Å²) in [5.74, 6) is 0.102. The van der Waals surface area contributed by atoms with E-state index in [2.05, 4.69) is 0 Å². The summed E-state index contributed by atoms with van der Waals surface area (Å²) in [7, 11) is 0. The molecule has 0 radical (unpaired) electrons. The van der Waals surface area contributed by atoms with Gasteiger partial charge in [0.25, 0.3) is 0 Å². The lowest BCUT2D eigenvalue weighted by atomic mass is 10.00. The topological polar surface area (TPSA) is 57.5 Å². The third-order valence-electron chi connectivity index (χ3n) is 1.74. The van der Waals surface area contributed by atoms with Crippen LogP contribution in [0.15, 0.2) is 0 Å². The smallest absolute Gasteiger partial charge is 0.217 e. The average Bonchev–Trinajstić information content (AvgIpc) is 1.93. The number of hydrogen-bond acceptors (Lipinski definition) is 4. The normalized spacial score (nSPS) is 41.9. The van der Waals surface area contributed by atoms with Crippen molar-refractivity contribution >= 4 is 16.9 Å². The molecule has 0 bridgehead atoms. The Labute approximate surface area is 63.4 Å². The van der Waals surface area contributed by atoms with Gasteiger partial charge in [-0.3, -0.25) is 4.79 Å². The lowest BCUT2D eigenvalue weighted by Crippen LogP contribution is -2.40. The molecule has 58 valence electrons. The van der Waals surface area contributed by atoms with Crippen molar-refractivity contribution < 1.29 is 15.0 Å². The standard InChI is InChI=1S/C6H10O3S/c1-3-4(7)2-10-6(9)5(3)8/h3-5,7-8H,2H2,1H3/t3-,4?,5?/m1/s1. The Bertz CT molecular complexity index is 148. The van der Waals surface area contributed by atoms with E-state index in [0.29, 0.717) is 5.75 Å². The van der Waals surface area contributed by atoms with Crippen LogP contribution < -0.4 is 0 Å². The first-order valence-corrected chi connectivity index (χ1v) is 4.14. The van der Waals surface area contributed by atoms with Crippen LogP contribution >= 0.6 is 11.8 Å². The van der Waals surface area contributed by atoms with Crippen LogP contribution in [0.25, 0.3) is 0 Å². The number of thioether (sulfide) groups is 1. The maximum atomic E-state index is 10.8. The fraction of sp³-hybridized carbons (Fsp3) is 0.833. The number of carbonyl (C=O) groups is 1. The van der Waals surface area contributed by atoms with Crippen molar-refractivity contribution in [2.75, 3.05) is 5.75 Å². The summed E-state index contributed by atoms with van der Waals surface area (Å²) in [5, 5.41) is 18.0. The molecule has 1 aliphatic rings. The zero-order valence-corrected chi connectivity index (χ0v) is 6.47. The molecule has 3 nitrogen and oxygen atoms in total. The van der Waals surface area contributed by atoms with E-state index in [1.165, 1.54) is 0 Å². The summed E-state index contributed by atoms with van der Waals surface area (Å²) in [5.41, 5.74) is 0. The maximum absolute atomic E-state index is 10.8. The summed E-state index contributed by atoms with van der Waals surface area (Å²) in [6.45, 7) is 1.67. The minimum absolute atomic E-state index is 0.224. The molecule has 0 aromatic carbocycles. The van der Waals surface area contributed by atoms with Gasteiger partial charge < -0.3 is 10.2 Å². The average molecular weight is 162 g/mol. The van der Waals surface area contributed by atoms with Crippen molar-refractivity contribution in [1.82, 2.24) is 0 Å². The molecule has 0 amide bonds. The number of hydrogen-bond donors (Lipinski definition) is 2. The minimum Gasteiger partial charge on any atom is -0.392 e. The van der Waals surface area contributed by atoms with E-state index < -0.39 is 12.2 Å². The predicted octanol–water partition coefficient (Wildman–Crippen LogP) is -0.382. The van der Waals surface area contributed by atoms with Crippen LogP contribution in [0.1, 0.15) is 6.92 Å². The zero-order chi connectivity index (χ0) is 7.72. The van der Waals surface area contributed by atoms with Crippen molar-refractivity contribution in [3.63, 3.8) is 0 Å². The van der Waals surface area contributed by atoms with Crippen LogP contribution in [-0.2, 0) is 4.79 Å². The summed E-state index contributed by atoms with van der Waals surface area (Å²) in [6.07, 6.45) is -1.52. The van der Waals surface area contributed by atoms with Gasteiger partial charge in [0.1, 0.15) is 6.10 Å². The molecule has 1 aliphatic heterocycles. The second-order valence-electron chi connectivity index (χ2n) is 2.50. The lowest BCUT2D eigenvalue weighted by molar-refractivity contribution is -0.123. The first kappa shape index (κ1) is 8.04. The fourth-order valence-electron chi connectivity index (χ4n) is 0.830. The molecule has 0 spiro atoms. The number of carbonyl (C=O) groups excluding carboxylic acids is 1. The van der Waals surface area contributed by atoms with Crippen LogP contribution in [-0.4, -0.2) is 33.3 Å². The second-order valence-corrected chi connectivity index (χ2v) is 3.53. The molecule has 2 N–H and O–H groups in total. The lowest BCUT2D eigenvalue weighted by Gasteiger charge is -2.27. The first-order valence-electron chi connectivity index (χ1n) is 3.15. The Morgan fingerprint density at radius 1 is 1.60 bits per heavy atom. The van der Waals surface area contributed by atoms with Gasteiger partial charge in [-0.05, 0) is 0 Å². The van der Waals surface area contributed by atoms with Crippen molar-refractivity contribution in [2.24, 2.45) is 5.92 Å². The fourth-order valence-corrected chi connectivity index (χ4v) is 1.85. The highest BCUT2D eigenvalue weighted by Crippen LogP contribution is 2.24. The van der Waals surface area contributed by atoms with E-state index in [0.717, 1.165) is 11.8 Å². The third kappa shape index (κ3) is 1.33. The SMILES string of the molecule is C[C@@H]1C(O)CSC(=O)C1O. The van der Waals surface area contributed by atoms with E-state index >= 15 is 0 Å². The molecule has 1 fully saturated rings. The first-order chi connectivity index (χ1) is 4.63. The number of rotatable bonds is 0. The van der Waals surface area contributed by atoms with Gasteiger partial charge in [0.15, 0.2) is 0 Å². The molecule has 2 unspecified atom stereocenters. The third-order valence-corrected chi connectivity index (χ3v) is 2.78. The summed E-state index contributed by atoms with van der Waals surface area (Å²) >= 11 is 0.999. The Balaban J connectivity index is 2.60. The van der Waals surface area contributed by atoms with Crippen molar-refractivity contribution in [2.45, 2.75) is 19.1 Å². The van der Waals surface area contributed by atoms with Crippen molar-refractivity contribution in [3.05, 3.63) is 0 Å². The Kier molecular flexibility index (Phi) is 2.33. The van der Waals surface area contributed by atoms with E-state index in [1.54, 1.807) is 6.92 Å². The van der Waals surface area contributed by atoms with E-state index in [9.17, 15) is 4.79 Å². The molecule has 3 atom stereocenters. The van der Waals surface area contributed by atoms with Crippen LogP contribution in [0, 0.1) is 5.92 Å². The highest BCUT2D eigenvalue weighted by atomic mass is 32.2. The van der Waals surface area contributed by atoms with Gasteiger partial charge >= 0.3 is 0 Å². The second kappa shape index (κ2) is 2.90. The largest absolute Gasteiger partial charge is 0.392 e. The molecule has 0 aliphatic carbocycles. The predicted molar refractivity (Wildman–Crippen MR) is 38.6 cm³/mol. The van der Waals surface area contributed by atoms with Gasteiger partial charge in [-0.1, -0.05) is 18.7 Å². The highest BCUT2D eigenvalue weighted by Gasteiger charge is 2.33. The van der Waals surface area contributed by atoms with Crippen LogP contribution in [0.3, 0.4) is 0 Å². The minimum atomic E-state index is -0.978. The van der Waals surface area contributed by atoms with E-state index in [-0.39, 0.29) is 11.0 Å². The van der Waals surface area contributed by atoms with Gasteiger partial charge in [-0.25, -0.2) is 0 Å². The quantitative estimate of drug-likeness (QED) is 0.509. The molecule has 1 heterocycles. The number of aliphatic hydroxyl groups is 2. The number of aliphatic hydroxyl groups excluding tert-OH is 2. The van der Waals surface area contributed by atoms with Gasteiger partial charge in [0.05, 0.1) is 6.10 Å². The highest BCUT2D eigenvalue weighted by molar-refractivity contribution is 8.13. The molecule has 0 aromatic heterocycles. The Hall–Kier alpha value is -0.0600. The molecule has 1 saturated heterocycles. The molecular formula is C6H10O3S. The Morgan fingerprint density at radius 2 is 2.20 bits per heavy atom. The zero-order valence-electron chi connectivity index (χ0n) is 5.65. The molecule has 0 aromatic rings. The van der Waals surface area contributed by atoms with Crippen LogP contribution in [0.4, 0.5) is 0 Å². The van der Waals surface area contributed by atoms with Crippen molar-refractivity contribution in [3.8, 4) is 0 Å². The molecule has 1 rings (SSSR count). The van der Waals surface area contributed by atoms with E-state index in [4.69, 9.17) is 10.2 Å². The summed E-state index contributed by atoms with van der Waals surface area (Å²) in [6, 6.07) is 0. The molecule has 4 heteroatoms. The summed E-state index contributed by atoms with van der Waals surface area (Å²) in [4.78, 5) is 10.8. The monoisotopic (exact) mass is 162 g/mol. The van der Waals surface area contributed by atoms with E-state index in [1.807, 2.05) is 0 Å². The molecular weight excluding hydrogens is 152 g/mol. The molecule has 0 saturated carbocycles. The van der Waals surface area contributed by atoms with Crippen molar-refractivity contribution in [1.29, 1.82) is 0 Å². The maximum Gasteiger partial charge on any atom is 0.217 e. The summed E-state index contributed by atoms with van der Waals surface area (Å²) < 4.78 is 0. The van der Waals surface area contributed by atoms with Gasteiger partial charge in [-0.2, -0.15) is 0 Å². The van der Waals surface area contributed by atoms with Gasteiger partial charge in [-0.15, -0.1) is 0 Å². The van der Waals surface area contributed by atoms with Crippen LogP contribution in [0.2, 0.25) is 0 Å².